The van der Waals surface area contributed by atoms with Crippen LogP contribution in [0.4, 0.5) is 5.69 Å². The van der Waals surface area contributed by atoms with E-state index >= 15 is 0 Å². The van der Waals surface area contributed by atoms with Crippen LogP contribution in [0.25, 0.3) is 0 Å². The molecule has 98 valence electrons. The van der Waals surface area contributed by atoms with Gasteiger partial charge in [-0.1, -0.05) is 13.8 Å². The second-order valence-corrected chi connectivity index (χ2v) is 5.77. The molecule has 2 N–H and O–H groups in total. The van der Waals surface area contributed by atoms with Gasteiger partial charge < -0.3 is 10.6 Å². The van der Waals surface area contributed by atoms with Crippen LogP contribution in [0.3, 0.4) is 0 Å². The van der Waals surface area contributed by atoms with E-state index in [2.05, 4.69) is 23.7 Å². The van der Waals surface area contributed by atoms with Crippen LogP contribution in [0.5, 0.6) is 0 Å². The minimum Gasteiger partial charge on any atom is -0.371 e. The van der Waals surface area contributed by atoms with E-state index in [1.807, 2.05) is 6.07 Å². The molecule has 1 aromatic rings. The topological polar surface area (TPSA) is 59.2 Å². The van der Waals surface area contributed by atoms with Gasteiger partial charge in [0.25, 0.3) is 5.91 Å². The Morgan fingerprint density at radius 1 is 1.39 bits per heavy atom. The van der Waals surface area contributed by atoms with E-state index in [9.17, 15) is 4.79 Å². The van der Waals surface area contributed by atoms with Gasteiger partial charge in [-0.15, -0.1) is 0 Å². The normalized spacial score (nSPS) is 19.3. The number of rotatable bonds is 2. The quantitative estimate of drug-likeness (QED) is 0.871. The molecule has 2 heterocycles. The molecule has 0 unspecified atom stereocenters. The summed E-state index contributed by atoms with van der Waals surface area (Å²) in [6.45, 7) is 6.69. The lowest BCUT2D eigenvalue weighted by atomic mass is 9.85. The molecule has 0 atom stereocenters. The van der Waals surface area contributed by atoms with Crippen molar-refractivity contribution in [2.24, 2.45) is 11.1 Å². The number of amides is 1. The molecule has 1 saturated heterocycles. The summed E-state index contributed by atoms with van der Waals surface area (Å²) in [5, 5.41) is 0. The summed E-state index contributed by atoms with van der Waals surface area (Å²) >= 11 is 0. The Labute approximate surface area is 108 Å². The summed E-state index contributed by atoms with van der Waals surface area (Å²) in [7, 11) is 0. The van der Waals surface area contributed by atoms with E-state index < -0.39 is 5.91 Å². The average Bonchev–Trinajstić information content (AvgIpc) is 2.50. The zero-order valence-corrected chi connectivity index (χ0v) is 11.1. The van der Waals surface area contributed by atoms with Crippen LogP contribution in [-0.2, 0) is 0 Å². The highest BCUT2D eigenvalue weighted by molar-refractivity contribution is 5.91. The first-order chi connectivity index (χ1) is 8.48. The number of primary amides is 1. The molecule has 1 aromatic heterocycles. The van der Waals surface area contributed by atoms with E-state index in [4.69, 9.17) is 5.73 Å². The lowest BCUT2D eigenvalue weighted by Crippen LogP contribution is -2.25. The Hall–Kier alpha value is -1.58. The summed E-state index contributed by atoms with van der Waals surface area (Å²) in [6, 6.07) is 3.74. The van der Waals surface area contributed by atoms with Crippen molar-refractivity contribution in [1.82, 2.24) is 4.98 Å². The molecule has 1 aliphatic heterocycles. The second-order valence-electron chi connectivity index (χ2n) is 5.77. The van der Waals surface area contributed by atoms with Crippen LogP contribution in [0.2, 0.25) is 0 Å². The SMILES string of the molecule is CC1(C)CCCN(c2ccnc(C(N)=O)c2)CC1. The zero-order chi connectivity index (χ0) is 13.2. The molecule has 0 spiro atoms. The number of aromatic nitrogens is 1. The first-order valence-corrected chi connectivity index (χ1v) is 6.49. The number of nitrogens with zero attached hydrogens (tertiary/aromatic N) is 2. The highest BCUT2D eigenvalue weighted by atomic mass is 16.1. The van der Waals surface area contributed by atoms with Crippen molar-refractivity contribution in [3.8, 4) is 0 Å². The van der Waals surface area contributed by atoms with Gasteiger partial charge in [0.15, 0.2) is 0 Å². The fourth-order valence-corrected chi connectivity index (χ4v) is 2.43. The summed E-state index contributed by atoms with van der Waals surface area (Å²) < 4.78 is 0. The zero-order valence-electron chi connectivity index (χ0n) is 11.1. The largest absolute Gasteiger partial charge is 0.371 e. The van der Waals surface area contributed by atoms with Crippen molar-refractivity contribution in [3.63, 3.8) is 0 Å². The Kier molecular flexibility index (Phi) is 3.55. The minimum atomic E-state index is -0.466. The summed E-state index contributed by atoms with van der Waals surface area (Å²) in [4.78, 5) is 17.5. The van der Waals surface area contributed by atoms with Gasteiger partial charge in [0.05, 0.1) is 0 Å². The Morgan fingerprint density at radius 2 is 2.17 bits per heavy atom. The first kappa shape index (κ1) is 12.9. The van der Waals surface area contributed by atoms with E-state index in [1.165, 1.54) is 19.3 Å². The molecule has 4 heteroatoms. The van der Waals surface area contributed by atoms with Crippen LogP contribution in [0, 0.1) is 5.41 Å². The lowest BCUT2D eigenvalue weighted by molar-refractivity contribution is 0.0995. The number of hydrogen-bond acceptors (Lipinski definition) is 3. The van der Waals surface area contributed by atoms with Crippen LogP contribution >= 0.6 is 0 Å². The van der Waals surface area contributed by atoms with Crippen molar-refractivity contribution < 1.29 is 4.79 Å². The van der Waals surface area contributed by atoms with Crippen molar-refractivity contribution in [1.29, 1.82) is 0 Å². The predicted octanol–water partition coefficient (Wildman–Crippen LogP) is 2.20. The van der Waals surface area contributed by atoms with Gasteiger partial charge in [-0.05, 0) is 36.8 Å². The van der Waals surface area contributed by atoms with E-state index in [-0.39, 0.29) is 0 Å². The third kappa shape index (κ3) is 3.00. The smallest absolute Gasteiger partial charge is 0.267 e. The maximum atomic E-state index is 11.1. The molecule has 4 nitrogen and oxygen atoms in total. The number of anilines is 1. The lowest BCUT2D eigenvalue weighted by Gasteiger charge is -2.25. The Bertz CT molecular complexity index is 442. The highest BCUT2D eigenvalue weighted by Crippen LogP contribution is 2.31. The molecule has 1 amide bonds. The second kappa shape index (κ2) is 4.96. The molecular weight excluding hydrogens is 226 g/mol. The van der Waals surface area contributed by atoms with E-state index in [0.29, 0.717) is 11.1 Å². The molecule has 0 aromatic carbocycles. The molecule has 0 saturated carbocycles. The van der Waals surface area contributed by atoms with Crippen molar-refractivity contribution in [2.75, 3.05) is 18.0 Å². The van der Waals surface area contributed by atoms with E-state index in [0.717, 1.165) is 18.8 Å². The number of carbonyl (C=O) groups is 1. The van der Waals surface area contributed by atoms with Gasteiger partial charge in [0.2, 0.25) is 0 Å². The monoisotopic (exact) mass is 247 g/mol. The average molecular weight is 247 g/mol. The van der Waals surface area contributed by atoms with Crippen LogP contribution in [0.1, 0.15) is 43.6 Å². The molecule has 1 aliphatic rings. The molecule has 0 aliphatic carbocycles. The van der Waals surface area contributed by atoms with Crippen LogP contribution in [0.15, 0.2) is 18.3 Å². The Balaban J connectivity index is 2.16. The molecular formula is C14H21N3O. The van der Waals surface area contributed by atoms with Gasteiger partial charge in [-0.25, -0.2) is 0 Å². The van der Waals surface area contributed by atoms with Gasteiger partial charge >= 0.3 is 0 Å². The third-order valence-electron chi connectivity index (χ3n) is 3.70. The van der Waals surface area contributed by atoms with Crippen molar-refractivity contribution >= 4 is 11.6 Å². The molecule has 18 heavy (non-hydrogen) atoms. The summed E-state index contributed by atoms with van der Waals surface area (Å²) in [5.74, 6) is -0.466. The number of pyridine rings is 1. The van der Waals surface area contributed by atoms with Gasteiger partial charge in [0, 0.05) is 25.0 Å². The first-order valence-electron chi connectivity index (χ1n) is 6.49. The molecule has 0 bridgehead atoms. The van der Waals surface area contributed by atoms with Gasteiger partial charge in [0.1, 0.15) is 5.69 Å². The Morgan fingerprint density at radius 3 is 2.89 bits per heavy atom. The minimum absolute atomic E-state index is 0.344. The standard InChI is InChI=1S/C14H21N3O/c1-14(2)5-3-8-17(9-6-14)11-4-7-16-12(10-11)13(15)18/h4,7,10H,3,5-6,8-9H2,1-2H3,(H2,15,18). The molecule has 2 rings (SSSR count). The fourth-order valence-electron chi connectivity index (χ4n) is 2.43. The fraction of sp³-hybridized carbons (Fsp3) is 0.571. The summed E-state index contributed by atoms with van der Waals surface area (Å²) in [5.41, 5.74) is 7.07. The number of nitrogens with two attached hydrogens (primary N) is 1. The maximum Gasteiger partial charge on any atom is 0.267 e. The van der Waals surface area contributed by atoms with Gasteiger partial charge in [-0.3, -0.25) is 9.78 Å². The molecule has 0 radical (unpaired) electrons. The maximum absolute atomic E-state index is 11.1. The van der Waals surface area contributed by atoms with E-state index in [1.54, 1.807) is 12.3 Å². The number of hydrogen-bond donors (Lipinski definition) is 1. The van der Waals surface area contributed by atoms with Gasteiger partial charge in [-0.2, -0.15) is 0 Å². The molecule has 1 fully saturated rings. The van der Waals surface area contributed by atoms with Crippen LogP contribution < -0.4 is 10.6 Å². The third-order valence-corrected chi connectivity index (χ3v) is 3.70. The number of carbonyl (C=O) groups excluding carboxylic acids is 1. The highest BCUT2D eigenvalue weighted by Gasteiger charge is 2.23. The van der Waals surface area contributed by atoms with Crippen molar-refractivity contribution in [2.45, 2.75) is 33.1 Å². The summed E-state index contributed by atoms with van der Waals surface area (Å²) in [6.07, 6.45) is 5.26. The predicted molar refractivity (Wildman–Crippen MR) is 72.6 cm³/mol. The van der Waals surface area contributed by atoms with Crippen LogP contribution in [-0.4, -0.2) is 24.0 Å². The van der Waals surface area contributed by atoms with Crippen molar-refractivity contribution in [3.05, 3.63) is 24.0 Å².